The highest BCUT2D eigenvalue weighted by Gasteiger charge is 2.48. The van der Waals surface area contributed by atoms with Crippen LogP contribution in [0.4, 0.5) is 0 Å². The summed E-state index contributed by atoms with van der Waals surface area (Å²) in [6, 6.07) is 2.83. The van der Waals surface area contributed by atoms with Gasteiger partial charge in [0.05, 0.1) is 18.8 Å². The molecule has 2 heterocycles. The van der Waals surface area contributed by atoms with Crippen LogP contribution in [0.25, 0.3) is 11.0 Å². The summed E-state index contributed by atoms with van der Waals surface area (Å²) in [4.78, 5) is 12.1. The van der Waals surface area contributed by atoms with Gasteiger partial charge in [0.15, 0.2) is 5.43 Å². The number of ether oxygens (including phenoxy) is 2. The molecule has 1 aromatic heterocycles. The molecule has 2 aromatic rings. The second-order valence-corrected chi connectivity index (χ2v) is 5.92. The molecule has 1 atom stereocenters. The van der Waals surface area contributed by atoms with Crippen LogP contribution in [0.2, 0.25) is 0 Å². The van der Waals surface area contributed by atoms with Gasteiger partial charge in [-0.25, -0.2) is 0 Å². The molecule has 0 radical (unpaired) electrons. The molecule has 1 aromatic carbocycles. The van der Waals surface area contributed by atoms with E-state index >= 15 is 0 Å². The predicted molar refractivity (Wildman–Crippen MR) is 78.1 cm³/mol. The van der Waals surface area contributed by atoms with E-state index in [0.29, 0.717) is 23.5 Å². The van der Waals surface area contributed by atoms with Crippen molar-refractivity contribution in [2.75, 3.05) is 7.11 Å². The van der Waals surface area contributed by atoms with Crippen LogP contribution in [0.15, 0.2) is 21.3 Å². The van der Waals surface area contributed by atoms with Gasteiger partial charge < -0.3 is 19.0 Å². The molecular weight excluding hydrogens is 272 g/mol. The molecule has 1 aliphatic heterocycles. The van der Waals surface area contributed by atoms with Crippen molar-refractivity contribution in [2.45, 2.75) is 38.9 Å². The molecule has 0 bridgehead atoms. The molecule has 1 fully saturated rings. The minimum Gasteiger partial charge on any atom is -0.507 e. The van der Waals surface area contributed by atoms with Crippen molar-refractivity contribution in [3.05, 3.63) is 33.7 Å². The third-order valence-corrected chi connectivity index (χ3v) is 3.94. The van der Waals surface area contributed by atoms with Crippen molar-refractivity contribution in [3.63, 3.8) is 0 Å². The SMILES string of the molecule is COc1cc(O)c2c(=O)cc(C)oc2c1C[C@H]1OC1(C)C. The molecule has 0 spiro atoms. The number of hydrogen-bond acceptors (Lipinski definition) is 5. The van der Waals surface area contributed by atoms with E-state index in [-0.39, 0.29) is 28.3 Å². The van der Waals surface area contributed by atoms with Crippen LogP contribution in [0.3, 0.4) is 0 Å². The van der Waals surface area contributed by atoms with Gasteiger partial charge in [0.25, 0.3) is 0 Å². The van der Waals surface area contributed by atoms with Gasteiger partial charge in [-0.15, -0.1) is 0 Å². The average Bonchev–Trinajstić information content (AvgIpc) is 2.98. The number of phenolic OH excluding ortho intramolecular Hbond substituents is 1. The van der Waals surface area contributed by atoms with Gasteiger partial charge in [-0.2, -0.15) is 0 Å². The summed E-state index contributed by atoms with van der Waals surface area (Å²) in [5.41, 5.74) is 0.690. The Balaban J connectivity index is 2.25. The Kier molecular flexibility index (Phi) is 2.99. The van der Waals surface area contributed by atoms with Crippen molar-refractivity contribution in [2.24, 2.45) is 0 Å². The monoisotopic (exact) mass is 290 g/mol. The Morgan fingerprint density at radius 2 is 2.05 bits per heavy atom. The van der Waals surface area contributed by atoms with Crippen LogP contribution >= 0.6 is 0 Å². The highest BCUT2D eigenvalue weighted by Crippen LogP contribution is 2.42. The van der Waals surface area contributed by atoms with Crippen LogP contribution < -0.4 is 10.2 Å². The van der Waals surface area contributed by atoms with E-state index in [1.807, 2.05) is 13.8 Å². The van der Waals surface area contributed by atoms with Gasteiger partial charge in [0.2, 0.25) is 0 Å². The third-order valence-electron chi connectivity index (χ3n) is 3.94. The summed E-state index contributed by atoms with van der Waals surface area (Å²) in [6.45, 7) is 5.72. The Morgan fingerprint density at radius 3 is 2.62 bits per heavy atom. The van der Waals surface area contributed by atoms with Gasteiger partial charge in [-0.3, -0.25) is 4.79 Å². The molecule has 3 rings (SSSR count). The van der Waals surface area contributed by atoms with E-state index in [0.717, 1.165) is 5.56 Å². The fourth-order valence-corrected chi connectivity index (χ4v) is 2.64. The van der Waals surface area contributed by atoms with Gasteiger partial charge >= 0.3 is 0 Å². The molecule has 0 unspecified atom stereocenters. The van der Waals surface area contributed by atoms with E-state index in [2.05, 4.69) is 0 Å². The minimum atomic E-state index is -0.258. The van der Waals surface area contributed by atoms with E-state index in [4.69, 9.17) is 13.9 Å². The Bertz CT molecular complexity index is 772. The number of aryl methyl sites for hydroxylation is 1. The Labute approximate surface area is 122 Å². The maximum atomic E-state index is 12.1. The maximum Gasteiger partial charge on any atom is 0.196 e. The highest BCUT2D eigenvalue weighted by molar-refractivity contribution is 5.88. The first-order valence-corrected chi connectivity index (χ1v) is 6.84. The molecule has 1 N–H and O–H groups in total. The summed E-state index contributed by atoms with van der Waals surface area (Å²) in [5, 5.41) is 10.3. The normalized spacial score (nSPS) is 19.7. The van der Waals surface area contributed by atoms with Crippen LogP contribution in [0, 0.1) is 6.92 Å². The van der Waals surface area contributed by atoms with Gasteiger partial charge in [-0.05, 0) is 20.8 Å². The topological polar surface area (TPSA) is 72.2 Å². The van der Waals surface area contributed by atoms with E-state index in [1.165, 1.54) is 19.2 Å². The zero-order valence-electron chi connectivity index (χ0n) is 12.5. The molecule has 0 saturated carbocycles. The zero-order valence-corrected chi connectivity index (χ0v) is 12.5. The lowest BCUT2D eigenvalue weighted by molar-refractivity contribution is 0.322. The van der Waals surface area contributed by atoms with Gasteiger partial charge in [0, 0.05) is 24.1 Å². The molecule has 21 heavy (non-hydrogen) atoms. The number of rotatable bonds is 3. The standard InChI is InChI=1S/C16H18O5/c1-8-5-10(17)14-11(18)7-12(19-4)9(15(14)20-8)6-13-16(2,3)21-13/h5,7,13,18H,6H2,1-4H3/t13-/m1/s1. The smallest absolute Gasteiger partial charge is 0.196 e. The number of benzene rings is 1. The second kappa shape index (κ2) is 4.49. The molecule has 5 heteroatoms. The summed E-state index contributed by atoms with van der Waals surface area (Å²) < 4.78 is 16.6. The van der Waals surface area contributed by atoms with Crippen molar-refractivity contribution in [1.29, 1.82) is 0 Å². The first-order valence-electron chi connectivity index (χ1n) is 6.84. The third kappa shape index (κ3) is 2.27. The summed E-state index contributed by atoms with van der Waals surface area (Å²) in [5.74, 6) is 0.868. The van der Waals surface area contributed by atoms with Crippen molar-refractivity contribution >= 4 is 11.0 Å². The van der Waals surface area contributed by atoms with Crippen LogP contribution in [0.1, 0.15) is 25.2 Å². The van der Waals surface area contributed by atoms with Gasteiger partial charge in [-0.1, -0.05) is 0 Å². The van der Waals surface area contributed by atoms with Crippen molar-refractivity contribution in [1.82, 2.24) is 0 Å². The van der Waals surface area contributed by atoms with Crippen LogP contribution in [0.5, 0.6) is 11.5 Å². The largest absolute Gasteiger partial charge is 0.507 e. The molecule has 0 amide bonds. The Hall–Kier alpha value is -2.01. The molecule has 1 aliphatic rings. The fourth-order valence-electron chi connectivity index (χ4n) is 2.64. The zero-order chi connectivity index (χ0) is 15.4. The highest BCUT2D eigenvalue weighted by atomic mass is 16.6. The average molecular weight is 290 g/mol. The van der Waals surface area contributed by atoms with E-state index < -0.39 is 0 Å². The minimum absolute atomic E-state index is 0.0463. The summed E-state index contributed by atoms with van der Waals surface area (Å²) in [7, 11) is 1.52. The maximum absolute atomic E-state index is 12.1. The van der Waals surface area contributed by atoms with E-state index in [1.54, 1.807) is 6.92 Å². The second-order valence-electron chi connectivity index (χ2n) is 5.92. The Morgan fingerprint density at radius 1 is 1.38 bits per heavy atom. The molecule has 1 saturated heterocycles. The molecular formula is C16H18O5. The first-order chi connectivity index (χ1) is 9.83. The number of hydrogen-bond donors (Lipinski definition) is 1. The van der Waals surface area contributed by atoms with Crippen molar-refractivity contribution in [3.8, 4) is 11.5 Å². The lowest BCUT2D eigenvalue weighted by atomic mass is 9.99. The van der Waals surface area contributed by atoms with E-state index in [9.17, 15) is 9.90 Å². The molecule has 0 aliphatic carbocycles. The van der Waals surface area contributed by atoms with Crippen LogP contribution in [-0.4, -0.2) is 23.9 Å². The van der Waals surface area contributed by atoms with Gasteiger partial charge in [0.1, 0.15) is 28.2 Å². The lowest BCUT2D eigenvalue weighted by Gasteiger charge is -2.12. The number of phenols is 1. The van der Waals surface area contributed by atoms with Crippen LogP contribution in [-0.2, 0) is 11.2 Å². The number of fused-ring (bicyclic) bond motifs is 1. The number of aromatic hydroxyl groups is 1. The number of methoxy groups -OCH3 is 1. The predicted octanol–water partition coefficient (Wildman–Crippen LogP) is 2.54. The summed E-state index contributed by atoms with van der Waals surface area (Å²) in [6.07, 6.45) is 0.615. The summed E-state index contributed by atoms with van der Waals surface area (Å²) >= 11 is 0. The number of epoxide rings is 1. The molecule has 112 valence electrons. The quantitative estimate of drug-likeness (QED) is 0.879. The fraction of sp³-hybridized carbons (Fsp3) is 0.438. The first kappa shape index (κ1) is 13.9. The van der Waals surface area contributed by atoms with Crippen molar-refractivity contribution < 1.29 is 19.0 Å². The lowest BCUT2D eigenvalue weighted by Crippen LogP contribution is -2.09. The molecule has 5 nitrogen and oxygen atoms in total.